The fraction of sp³-hybridized carbons (Fsp3) is 0.600. The number of nitrogens with zero attached hydrogens (tertiary/aromatic N) is 2. The minimum Gasteiger partial charge on any atom is -0.480 e. The molecule has 1 unspecified atom stereocenters. The number of aliphatic hydroxyl groups excluding tert-OH is 1. The summed E-state index contributed by atoms with van der Waals surface area (Å²) >= 11 is 0. The zero-order valence-corrected chi connectivity index (χ0v) is 15.8. The molecule has 0 radical (unpaired) electrons. The first kappa shape index (κ1) is 19.6. The van der Waals surface area contributed by atoms with E-state index in [1.165, 1.54) is 0 Å². The minimum absolute atomic E-state index is 0.0208. The highest BCUT2D eigenvalue weighted by Gasteiger charge is 2.42. The summed E-state index contributed by atoms with van der Waals surface area (Å²) in [7, 11) is 0. The van der Waals surface area contributed by atoms with Crippen molar-refractivity contribution < 1.29 is 19.8 Å². The van der Waals surface area contributed by atoms with Crippen molar-refractivity contribution in [2.24, 2.45) is 0 Å². The summed E-state index contributed by atoms with van der Waals surface area (Å²) in [5.41, 5.74) is 0.681. The lowest BCUT2D eigenvalue weighted by atomic mass is 9.80. The third-order valence-electron chi connectivity index (χ3n) is 6.03. The number of carboxylic acids is 1. The van der Waals surface area contributed by atoms with Gasteiger partial charge >= 0.3 is 12.0 Å². The smallest absolute Gasteiger partial charge is 0.317 e. The van der Waals surface area contributed by atoms with E-state index >= 15 is 0 Å². The Morgan fingerprint density at radius 1 is 1.30 bits per heavy atom. The van der Waals surface area contributed by atoms with Crippen molar-refractivity contribution >= 4 is 12.0 Å². The first-order chi connectivity index (χ1) is 13.0. The molecule has 7 heteroatoms. The number of hydrogen-bond acceptors (Lipinski definition) is 4. The predicted octanol–water partition coefficient (Wildman–Crippen LogP) is 1.27. The Labute approximate surface area is 160 Å². The second-order valence-corrected chi connectivity index (χ2v) is 7.70. The number of aliphatic hydroxyl groups is 1. The van der Waals surface area contributed by atoms with Gasteiger partial charge in [-0.2, -0.15) is 0 Å². The van der Waals surface area contributed by atoms with E-state index in [2.05, 4.69) is 5.32 Å². The molecule has 27 heavy (non-hydrogen) atoms. The number of benzene rings is 1. The van der Waals surface area contributed by atoms with E-state index in [4.69, 9.17) is 5.11 Å². The second-order valence-electron chi connectivity index (χ2n) is 7.70. The lowest BCUT2D eigenvalue weighted by Gasteiger charge is -2.42. The van der Waals surface area contributed by atoms with Crippen molar-refractivity contribution in [1.82, 2.24) is 15.1 Å². The molecule has 1 aromatic carbocycles. The van der Waals surface area contributed by atoms with E-state index in [9.17, 15) is 14.7 Å². The molecule has 2 fully saturated rings. The molecule has 148 valence electrons. The van der Waals surface area contributed by atoms with Crippen molar-refractivity contribution in [3.8, 4) is 0 Å². The van der Waals surface area contributed by atoms with Gasteiger partial charge in [-0.1, -0.05) is 37.3 Å². The first-order valence-corrected chi connectivity index (χ1v) is 9.65. The van der Waals surface area contributed by atoms with Gasteiger partial charge < -0.3 is 20.4 Å². The number of aliphatic carboxylic acids is 1. The number of likely N-dealkylation sites (N-methyl/N-ethyl adjacent to an activating group) is 1. The van der Waals surface area contributed by atoms with Gasteiger partial charge in [0.05, 0.1) is 13.2 Å². The van der Waals surface area contributed by atoms with Gasteiger partial charge in [-0.3, -0.25) is 9.69 Å². The molecule has 3 N–H and O–H groups in total. The molecule has 1 saturated carbocycles. The van der Waals surface area contributed by atoms with Crippen molar-refractivity contribution in [3.05, 3.63) is 35.9 Å². The van der Waals surface area contributed by atoms with Gasteiger partial charge in [-0.05, 0) is 31.4 Å². The number of carboxylic acid groups (broad SMARTS) is 1. The van der Waals surface area contributed by atoms with E-state index in [1.807, 2.05) is 42.2 Å². The van der Waals surface area contributed by atoms with E-state index in [0.29, 0.717) is 19.6 Å². The first-order valence-electron chi connectivity index (χ1n) is 9.65. The normalized spacial score (nSPS) is 27.4. The predicted molar refractivity (Wildman–Crippen MR) is 102 cm³/mol. The Balaban J connectivity index is 1.51. The molecule has 0 aromatic heterocycles. The number of rotatable bonds is 7. The third kappa shape index (κ3) is 4.25. The van der Waals surface area contributed by atoms with Crippen LogP contribution in [0.2, 0.25) is 0 Å². The zero-order valence-electron chi connectivity index (χ0n) is 15.8. The number of urea groups is 1. The molecule has 0 bridgehead atoms. The van der Waals surface area contributed by atoms with Gasteiger partial charge in [0.15, 0.2) is 0 Å². The summed E-state index contributed by atoms with van der Waals surface area (Å²) in [6.07, 6.45) is 2.31. The van der Waals surface area contributed by atoms with E-state index in [0.717, 1.165) is 24.8 Å². The third-order valence-corrected chi connectivity index (χ3v) is 6.03. The molecule has 1 aromatic rings. The van der Waals surface area contributed by atoms with Crippen LogP contribution in [0.1, 0.15) is 31.7 Å². The van der Waals surface area contributed by atoms with Gasteiger partial charge in [0, 0.05) is 30.6 Å². The molecular formula is C20H29N3O4. The van der Waals surface area contributed by atoms with Crippen LogP contribution >= 0.6 is 0 Å². The summed E-state index contributed by atoms with van der Waals surface area (Å²) in [6.45, 7) is 3.85. The average Bonchev–Trinajstić information content (AvgIpc) is 3.09. The fourth-order valence-corrected chi connectivity index (χ4v) is 4.24. The second kappa shape index (κ2) is 8.27. The Kier molecular flexibility index (Phi) is 6.01. The molecule has 3 rings (SSSR count). The van der Waals surface area contributed by atoms with Crippen molar-refractivity contribution in [2.45, 2.75) is 43.7 Å². The standard InChI is InChI=1S/C20H29N3O4/c1-2-22(12-18(25)26)17-10-16(11-17)21-19(27)23-9-8-20(13-23,14-24)15-6-4-3-5-7-15/h3-7,16-17,24H,2,8-14H2,1H3,(H,21,27)(H,25,26). The number of amides is 2. The maximum atomic E-state index is 12.6. The van der Waals surface area contributed by atoms with Crippen LogP contribution < -0.4 is 5.32 Å². The van der Waals surface area contributed by atoms with Gasteiger partial charge in [0.2, 0.25) is 0 Å². The SMILES string of the molecule is CCN(CC(=O)O)C1CC(NC(=O)N2CCC(CO)(c3ccccc3)C2)C1. The average molecular weight is 375 g/mol. The maximum absolute atomic E-state index is 12.6. The van der Waals surface area contributed by atoms with Crippen LogP contribution in [0.25, 0.3) is 0 Å². The number of hydrogen-bond donors (Lipinski definition) is 3. The molecule has 1 atom stereocenters. The molecule has 1 saturated heterocycles. The van der Waals surface area contributed by atoms with Crippen LogP contribution in [-0.4, -0.2) is 76.9 Å². The molecule has 0 spiro atoms. The number of carbonyl (C=O) groups is 2. The minimum atomic E-state index is -0.817. The molecule has 2 aliphatic rings. The highest BCUT2D eigenvalue weighted by atomic mass is 16.4. The van der Waals surface area contributed by atoms with Gasteiger partial charge in [-0.15, -0.1) is 0 Å². The van der Waals surface area contributed by atoms with Crippen molar-refractivity contribution in [3.63, 3.8) is 0 Å². The van der Waals surface area contributed by atoms with Crippen LogP contribution in [0.4, 0.5) is 4.79 Å². The zero-order chi connectivity index (χ0) is 19.4. The number of nitrogens with one attached hydrogen (secondary N) is 1. The van der Waals surface area contributed by atoms with E-state index < -0.39 is 5.97 Å². The van der Waals surface area contributed by atoms with Crippen LogP contribution in [0.15, 0.2) is 30.3 Å². The molecular weight excluding hydrogens is 346 g/mol. The summed E-state index contributed by atoms with van der Waals surface area (Å²) in [5.74, 6) is -0.817. The highest BCUT2D eigenvalue weighted by molar-refractivity contribution is 5.75. The Bertz CT molecular complexity index is 662. The van der Waals surface area contributed by atoms with Crippen molar-refractivity contribution in [2.75, 3.05) is 32.8 Å². The quantitative estimate of drug-likeness (QED) is 0.667. The lowest BCUT2D eigenvalue weighted by molar-refractivity contribution is -0.139. The van der Waals surface area contributed by atoms with E-state index in [1.54, 1.807) is 4.90 Å². The molecule has 1 heterocycles. The van der Waals surface area contributed by atoms with Gasteiger partial charge in [0.25, 0.3) is 0 Å². The Morgan fingerprint density at radius 3 is 2.59 bits per heavy atom. The molecule has 7 nitrogen and oxygen atoms in total. The molecule has 2 amide bonds. The van der Waals surface area contributed by atoms with Crippen LogP contribution in [0.5, 0.6) is 0 Å². The topological polar surface area (TPSA) is 93.1 Å². The lowest BCUT2D eigenvalue weighted by Crippen LogP contribution is -2.56. The van der Waals surface area contributed by atoms with Crippen LogP contribution in [0.3, 0.4) is 0 Å². The summed E-state index contributed by atoms with van der Waals surface area (Å²) in [4.78, 5) is 27.3. The van der Waals surface area contributed by atoms with Gasteiger partial charge in [-0.25, -0.2) is 4.79 Å². The largest absolute Gasteiger partial charge is 0.480 e. The van der Waals surface area contributed by atoms with Crippen LogP contribution in [-0.2, 0) is 10.2 Å². The van der Waals surface area contributed by atoms with Gasteiger partial charge in [0.1, 0.15) is 0 Å². The van der Waals surface area contributed by atoms with E-state index in [-0.39, 0.29) is 36.7 Å². The number of likely N-dealkylation sites (tertiary alicyclic amines) is 1. The van der Waals surface area contributed by atoms with Crippen molar-refractivity contribution in [1.29, 1.82) is 0 Å². The summed E-state index contributed by atoms with van der Waals surface area (Å²) in [6, 6.07) is 10.1. The van der Waals surface area contributed by atoms with Crippen LogP contribution in [0, 0.1) is 0 Å². The monoisotopic (exact) mass is 375 g/mol. The highest BCUT2D eigenvalue weighted by Crippen LogP contribution is 2.34. The fourth-order valence-electron chi connectivity index (χ4n) is 4.24. The summed E-state index contributed by atoms with van der Waals surface area (Å²) in [5, 5.41) is 22.0. The summed E-state index contributed by atoms with van der Waals surface area (Å²) < 4.78 is 0. The molecule has 1 aliphatic carbocycles. The molecule has 1 aliphatic heterocycles. The number of carbonyl (C=O) groups excluding carboxylic acids is 1. The Hall–Kier alpha value is -2.12. The Morgan fingerprint density at radius 2 is 2.00 bits per heavy atom. The maximum Gasteiger partial charge on any atom is 0.317 e.